The zero-order valence-electron chi connectivity index (χ0n) is 14.9. The third kappa shape index (κ3) is 2.83. The smallest absolute Gasteiger partial charge is 0.315 e. The average Bonchev–Trinajstić information content (AvgIpc) is 3.35. The number of esters is 1. The minimum Gasteiger partial charge on any atom is -0.465 e. The first-order valence-corrected chi connectivity index (χ1v) is 10.2. The summed E-state index contributed by atoms with van der Waals surface area (Å²) in [5, 5.41) is -0.927. The second-order valence-corrected chi connectivity index (χ2v) is 8.70. The first-order chi connectivity index (χ1) is 12.4. The number of rotatable bonds is 6. The van der Waals surface area contributed by atoms with Crippen molar-refractivity contribution in [2.75, 3.05) is 13.2 Å². The molecule has 0 aromatic heterocycles. The highest BCUT2D eigenvalue weighted by molar-refractivity contribution is 7.92. The molecule has 3 rings (SSSR count). The van der Waals surface area contributed by atoms with Crippen molar-refractivity contribution in [1.29, 1.82) is 0 Å². The van der Waals surface area contributed by atoms with Gasteiger partial charge in [0.25, 0.3) is 0 Å². The van der Waals surface area contributed by atoms with E-state index in [1.165, 1.54) is 0 Å². The third-order valence-electron chi connectivity index (χ3n) is 5.09. The van der Waals surface area contributed by atoms with Crippen LogP contribution in [0, 0.1) is 12.3 Å². The van der Waals surface area contributed by atoms with Gasteiger partial charge in [-0.05, 0) is 31.5 Å². The molecule has 26 heavy (non-hydrogen) atoms. The van der Waals surface area contributed by atoms with Crippen molar-refractivity contribution in [2.24, 2.45) is 11.1 Å². The molecule has 5 nitrogen and oxygen atoms in total. The van der Waals surface area contributed by atoms with Crippen molar-refractivity contribution >= 4 is 15.8 Å². The van der Waals surface area contributed by atoms with E-state index in [2.05, 4.69) is 0 Å². The molecule has 138 valence electrons. The quantitative estimate of drug-likeness (QED) is 0.786. The molecule has 2 N–H and O–H groups in total. The fraction of sp³-hybridized carbons (Fsp3) is 0.350. The molecule has 2 aromatic carbocycles. The van der Waals surface area contributed by atoms with E-state index in [9.17, 15) is 13.2 Å². The third-order valence-corrected chi connectivity index (χ3v) is 7.38. The van der Waals surface area contributed by atoms with Gasteiger partial charge in [0, 0.05) is 12.5 Å². The van der Waals surface area contributed by atoms with Gasteiger partial charge in [0.05, 0.1) is 16.8 Å². The minimum absolute atomic E-state index is 0.0822. The Morgan fingerprint density at radius 1 is 1.12 bits per heavy atom. The van der Waals surface area contributed by atoms with E-state index in [-0.39, 0.29) is 18.0 Å². The highest BCUT2D eigenvalue weighted by Crippen LogP contribution is 2.64. The van der Waals surface area contributed by atoms with Crippen LogP contribution in [0.1, 0.15) is 24.0 Å². The maximum atomic E-state index is 13.3. The molecule has 1 saturated carbocycles. The fourth-order valence-electron chi connectivity index (χ4n) is 3.70. The van der Waals surface area contributed by atoms with Crippen molar-refractivity contribution in [3.8, 4) is 0 Å². The van der Waals surface area contributed by atoms with Gasteiger partial charge in [0.15, 0.2) is 9.84 Å². The number of benzene rings is 2. The molecule has 0 unspecified atom stereocenters. The molecule has 0 amide bonds. The lowest BCUT2D eigenvalue weighted by atomic mass is 9.98. The predicted octanol–water partition coefficient (Wildman–Crippen LogP) is 2.44. The van der Waals surface area contributed by atoms with Crippen LogP contribution in [0.4, 0.5) is 0 Å². The van der Waals surface area contributed by atoms with Gasteiger partial charge in [-0.25, -0.2) is 8.42 Å². The molecule has 2 aromatic rings. The van der Waals surface area contributed by atoms with E-state index in [1.807, 2.05) is 31.2 Å². The Labute approximate surface area is 154 Å². The molecule has 0 heterocycles. The Balaban J connectivity index is 2.11. The Kier molecular flexibility index (Phi) is 4.90. The molecule has 0 spiro atoms. The van der Waals surface area contributed by atoms with Crippen LogP contribution < -0.4 is 5.73 Å². The van der Waals surface area contributed by atoms with Crippen LogP contribution in [-0.2, 0) is 19.4 Å². The van der Waals surface area contributed by atoms with E-state index in [4.69, 9.17) is 10.5 Å². The lowest BCUT2D eigenvalue weighted by Gasteiger charge is -2.14. The maximum Gasteiger partial charge on any atom is 0.315 e. The number of carbonyl (C=O) groups is 1. The minimum atomic E-state index is -3.74. The standard InChI is InChI=1S/C20H23NO4S/c1-3-25-19(22)20(13-21)17(15-11-9-14(2)10-12-15)18(20)26(23,24)16-7-5-4-6-8-16/h4-12,17-18H,3,13,21H2,1-2H3/t17-,18-,20+/m0/s1. The van der Waals surface area contributed by atoms with E-state index >= 15 is 0 Å². The average molecular weight is 373 g/mol. The molecule has 0 radical (unpaired) electrons. The summed E-state index contributed by atoms with van der Waals surface area (Å²) < 4.78 is 31.7. The summed E-state index contributed by atoms with van der Waals surface area (Å²) in [5.74, 6) is -1.06. The van der Waals surface area contributed by atoms with Crippen LogP contribution in [0.3, 0.4) is 0 Å². The summed E-state index contributed by atoms with van der Waals surface area (Å²) in [6.07, 6.45) is 0. The lowest BCUT2D eigenvalue weighted by molar-refractivity contribution is -0.149. The van der Waals surface area contributed by atoms with Crippen molar-refractivity contribution in [2.45, 2.75) is 29.9 Å². The van der Waals surface area contributed by atoms with E-state index in [0.717, 1.165) is 11.1 Å². The van der Waals surface area contributed by atoms with Gasteiger partial charge in [0.1, 0.15) is 5.41 Å². The van der Waals surface area contributed by atoms with Crippen LogP contribution in [0.25, 0.3) is 0 Å². The normalized spacial score (nSPS) is 24.9. The van der Waals surface area contributed by atoms with Crippen molar-refractivity contribution < 1.29 is 17.9 Å². The highest BCUT2D eigenvalue weighted by atomic mass is 32.2. The lowest BCUT2D eigenvalue weighted by Crippen LogP contribution is -2.33. The van der Waals surface area contributed by atoms with Crippen molar-refractivity contribution in [3.05, 3.63) is 65.7 Å². The summed E-state index contributed by atoms with van der Waals surface area (Å²) in [4.78, 5) is 12.9. The summed E-state index contributed by atoms with van der Waals surface area (Å²) in [7, 11) is -3.74. The number of nitrogens with two attached hydrogens (primary N) is 1. The summed E-state index contributed by atoms with van der Waals surface area (Å²) in [6.45, 7) is 3.75. The van der Waals surface area contributed by atoms with E-state index in [0.29, 0.717) is 0 Å². The van der Waals surface area contributed by atoms with Crippen LogP contribution in [0.5, 0.6) is 0 Å². The molecular weight excluding hydrogens is 350 g/mol. The van der Waals surface area contributed by atoms with Crippen LogP contribution >= 0.6 is 0 Å². The maximum absolute atomic E-state index is 13.3. The summed E-state index contributed by atoms with van der Waals surface area (Å²) in [5.41, 5.74) is 6.56. The molecule has 3 atom stereocenters. The Bertz CT molecular complexity index is 893. The Hall–Kier alpha value is -2.18. The molecule has 6 heteroatoms. The molecule has 1 fully saturated rings. The second kappa shape index (κ2) is 6.85. The molecular formula is C20H23NO4S. The van der Waals surface area contributed by atoms with Gasteiger partial charge >= 0.3 is 5.97 Å². The van der Waals surface area contributed by atoms with Gasteiger partial charge in [-0.2, -0.15) is 0 Å². The van der Waals surface area contributed by atoms with Gasteiger partial charge in [-0.1, -0.05) is 48.0 Å². The number of ether oxygens (including phenoxy) is 1. The van der Waals surface area contributed by atoms with Crippen LogP contribution in [-0.4, -0.2) is 32.8 Å². The molecule has 0 bridgehead atoms. The summed E-state index contributed by atoms with van der Waals surface area (Å²) >= 11 is 0. The Morgan fingerprint density at radius 2 is 1.73 bits per heavy atom. The number of hydrogen-bond acceptors (Lipinski definition) is 5. The summed E-state index contributed by atoms with van der Waals surface area (Å²) in [6, 6.07) is 15.7. The first kappa shape index (κ1) is 18.6. The Morgan fingerprint density at radius 3 is 2.27 bits per heavy atom. The fourth-order valence-corrected chi connectivity index (χ4v) is 6.10. The van der Waals surface area contributed by atoms with Crippen molar-refractivity contribution in [1.82, 2.24) is 0 Å². The topological polar surface area (TPSA) is 86.5 Å². The largest absolute Gasteiger partial charge is 0.465 e. The highest BCUT2D eigenvalue weighted by Gasteiger charge is 2.75. The van der Waals surface area contributed by atoms with Crippen LogP contribution in [0.15, 0.2) is 59.5 Å². The number of aryl methyl sites for hydroxylation is 1. The number of sulfone groups is 1. The monoisotopic (exact) mass is 373 g/mol. The zero-order valence-corrected chi connectivity index (χ0v) is 15.7. The van der Waals surface area contributed by atoms with Gasteiger partial charge < -0.3 is 10.5 Å². The van der Waals surface area contributed by atoms with Gasteiger partial charge in [-0.3, -0.25) is 4.79 Å². The van der Waals surface area contributed by atoms with Gasteiger partial charge in [-0.15, -0.1) is 0 Å². The molecule has 0 saturated heterocycles. The first-order valence-electron chi connectivity index (χ1n) is 8.62. The number of hydrogen-bond donors (Lipinski definition) is 1. The second-order valence-electron chi connectivity index (χ2n) is 6.63. The molecule has 0 aliphatic heterocycles. The number of carbonyl (C=O) groups excluding carboxylic acids is 1. The molecule has 1 aliphatic carbocycles. The predicted molar refractivity (Wildman–Crippen MR) is 99.5 cm³/mol. The SMILES string of the molecule is CCOC(=O)[C@]1(CN)[C@@H](c2ccc(C)cc2)[C@@H]1S(=O)(=O)c1ccccc1. The van der Waals surface area contributed by atoms with E-state index < -0.39 is 32.4 Å². The zero-order chi connectivity index (χ0) is 18.9. The van der Waals surface area contributed by atoms with Crippen molar-refractivity contribution in [3.63, 3.8) is 0 Å². The van der Waals surface area contributed by atoms with Gasteiger partial charge in [0.2, 0.25) is 0 Å². The van der Waals surface area contributed by atoms with Crippen LogP contribution in [0.2, 0.25) is 0 Å². The molecule has 1 aliphatic rings. The van der Waals surface area contributed by atoms with E-state index in [1.54, 1.807) is 37.3 Å².